The molecule has 0 saturated carbocycles. The predicted molar refractivity (Wildman–Crippen MR) is 280 cm³/mol. The number of hydrogen-bond donors (Lipinski definition) is 0. The van der Waals surface area contributed by atoms with E-state index in [2.05, 4.69) is 251 Å². The number of hydrogen-bond acceptors (Lipinski definition) is 2. The van der Waals surface area contributed by atoms with Crippen LogP contribution in [0.25, 0.3) is 88.4 Å². The van der Waals surface area contributed by atoms with Crippen LogP contribution in [-0.2, 0) is 5.41 Å². The van der Waals surface area contributed by atoms with Crippen LogP contribution in [0.15, 0.2) is 218 Å². The Morgan fingerprint density at radius 3 is 1.15 bits per heavy atom. The average Bonchev–Trinajstić information content (AvgIpc) is 3.98. The third kappa shape index (κ3) is 4.91. The highest BCUT2D eigenvalue weighted by molar-refractivity contribution is 6.19. The second-order valence-electron chi connectivity index (χ2n) is 18.9. The lowest BCUT2D eigenvalue weighted by atomic mass is 9.82. The van der Waals surface area contributed by atoms with Crippen molar-refractivity contribution in [2.24, 2.45) is 0 Å². The molecule has 314 valence electrons. The Bertz CT molecular complexity index is 3810. The van der Waals surface area contributed by atoms with Gasteiger partial charge in [0.25, 0.3) is 0 Å². The molecule has 2 aromatic heterocycles. The highest BCUT2D eigenvalue weighted by Gasteiger charge is 2.38. The van der Waals surface area contributed by atoms with Crippen LogP contribution in [0.5, 0.6) is 0 Å². The molecule has 12 aromatic rings. The fraction of sp³-hybridized carbons (Fsp3) is 0.0476. The van der Waals surface area contributed by atoms with Crippen molar-refractivity contribution in [1.82, 2.24) is 9.13 Å². The molecular weight excluding hydrogens is 813 g/mol. The molecule has 0 fully saturated rings. The summed E-state index contributed by atoms with van der Waals surface area (Å²) in [7, 11) is 0. The smallest absolute Gasteiger partial charge is 0.0783 e. The van der Waals surface area contributed by atoms with Gasteiger partial charge < -0.3 is 18.9 Å². The van der Waals surface area contributed by atoms with Crippen molar-refractivity contribution in [3.63, 3.8) is 0 Å². The second-order valence-corrected chi connectivity index (χ2v) is 18.9. The van der Waals surface area contributed by atoms with Crippen molar-refractivity contribution in [3.8, 4) is 44.8 Å². The van der Waals surface area contributed by atoms with E-state index in [4.69, 9.17) is 0 Å². The van der Waals surface area contributed by atoms with Crippen LogP contribution in [-0.4, -0.2) is 9.13 Å². The van der Waals surface area contributed by atoms with Gasteiger partial charge in [0.05, 0.1) is 56.2 Å². The van der Waals surface area contributed by atoms with Crippen LogP contribution in [0.4, 0.5) is 34.1 Å². The minimum Gasteiger partial charge on any atom is -0.306 e. The van der Waals surface area contributed by atoms with E-state index in [-0.39, 0.29) is 5.41 Å². The molecule has 0 radical (unpaired) electrons. The number of para-hydroxylation sites is 6. The van der Waals surface area contributed by atoms with Crippen molar-refractivity contribution >= 4 is 77.7 Å². The van der Waals surface area contributed by atoms with E-state index in [0.717, 1.165) is 0 Å². The first-order chi connectivity index (χ1) is 33.0. The summed E-state index contributed by atoms with van der Waals surface area (Å²) >= 11 is 0. The third-order valence-corrected chi connectivity index (χ3v) is 15.1. The van der Waals surface area contributed by atoms with Crippen molar-refractivity contribution < 1.29 is 0 Å². The summed E-state index contributed by atoms with van der Waals surface area (Å²) in [5.74, 6) is 0. The molecule has 10 aromatic carbocycles. The summed E-state index contributed by atoms with van der Waals surface area (Å²) in [4.78, 5) is 4.99. The van der Waals surface area contributed by atoms with Crippen LogP contribution in [0.3, 0.4) is 0 Å². The quantitative estimate of drug-likeness (QED) is 0.175. The van der Waals surface area contributed by atoms with Crippen molar-refractivity contribution in [2.75, 3.05) is 9.80 Å². The molecule has 15 rings (SSSR count). The van der Waals surface area contributed by atoms with E-state index in [1.165, 1.54) is 134 Å². The van der Waals surface area contributed by atoms with E-state index in [0.29, 0.717) is 0 Å². The molecule has 0 unspecified atom stereocenters. The fourth-order valence-corrected chi connectivity index (χ4v) is 12.1. The molecule has 4 nitrogen and oxygen atoms in total. The Balaban J connectivity index is 0.862. The molecular formula is C63H42N4. The van der Waals surface area contributed by atoms with E-state index in [1.807, 2.05) is 0 Å². The topological polar surface area (TPSA) is 16.3 Å². The van der Waals surface area contributed by atoms with Gasteiger partial charge in [-0.2, -0.15) is 0 Å². The molecule has 0 N–H and O–H groups in total. The van der Waals surface area contributed by atoms with Gasteiger partial charge in [-0.3, -0.25) is 0 Å². The van der Waals surface area contributed by atoms with Crippen LogP contribution >= 0.6 is 0 Å². The summed E-state index contributed by atoms with van der Waals surface area (Å²) in [6.45, 7) is 4.82. The first kappa shape index (κ1) is 36.7. The van der Waals surface area contributed by atoms with Crippen LogP contribution in [0, 0.1) is 0 Å². The molecule has 1 aliphatic carbocycles. The van der Waals surface area contributed by atoms with Crippen molar-refractivity contribution in [2.45, 2.75) is 19.3 Å². The maximum atomic E-state index is 2.49. The number of benzene rings is 10. The Labute approximate surface area is 388 Å². The highest BCUT2D eigenvalue weighted by atomic mass is 15.2. The summed E-state index contributed by atoms with van der Waals surface area (Å²) < 4.78 is 4.96. The van der Waals surface area contributed by atoms with E-state index >= 15 is 0 Å². The largest absolute Gasteiger partial charge is 0.306 e. The number of anilines is 6. The zero-order chi connectivity index (χ0) is 44.1. The minimum atomic E-state index is -0.259. The van der Waals surface area contributed by atoms with Gasteiger partial charge in [-0.05, 0) is 129 Å². The van der Waals surface area contributed by atoms with Crippen molar-refractivity contribution in [3.05, 3.63) is 230 Å². The van der Waals surface area contributed by atoms with Gasteiger partial charge in [0.2, 0.25) is 0 Å². The molecule has 67 heavy (non-hydrogen) atoms. The van der Waals surface area contributed by atoms with Crippen LogP contribution in [0.2, 0.25) is 0 Å². The Kier molecular flexibility index (Phi) is 7.26. The summed E-state index contributed by atoms with van der Waals surface area (Å²) in [5.41, 5.74) is 24.3. The number of fused-ring (bicyclic) bond motifs is 13. The molecule has 0 saturated heterocycles. The van der Waals surface area contributed by atoms with E-state index in [1.54, 1.807) is 0 Å². The van der Waals surface area contributed by atoms with Gasteiger partial charge in [0.1, 0.15) is 0 Å². The molecule has 4 heterocycles. The number of rotatable bonds is 4. The van der Waals surface area contributed by atoms with Gasteiger partial charge >= 0.3 is 0 Å². The molecule has 0 amide bonds. The minimum absolute atomic E-state index is 0.259. The lowest BCUT2D eigenvalue weighted by molar-refractivity contribution is 0.660. The zero-order valence-electron chi connectivity index (χ0n) is 37.1. The average molecular weight is 855 g/mol. The Morgan fingerprint density at radius 1 is 0.299 bits per heavy atom. The lowest BCUT2D eigenvalue weighted by Crippen LogP contribution is -2.20. The maximum absolute atomic E-state index is 2.49. The predicted octanol–water partition coefficient (Wildman–Crippen LogP) is 17.1. The monoisotopic (exact) mass is 854 g/mol. The Hall–Kier alpha value is -8.60. The first-order valence-electron chi connectivity index (χ1n) is 23.3. The summed E-state index contributed by atoms with van der Waals surface area (Å²) in [6, 6.07) is 81.1. The molecule has 0 spiro atoms. The molecule has 0 atom stereocenters. The third-order valence-electron chi connectivity index (χ3n) is 15.1. The molecule has 4 heteroatoms. The SMILES string of the molecule is CC1(C)c2cc(N3c4ccccc4-n4c5ccc(-c6ccccc6)cc5c5cccc3c54)ccc2-c2ccc(N3c4ccccc4-n4c5ccc(-c6ccccc6)cc5c5cccc3c54)cc21. The molecule has 3 aliphatic rings. The fourth-order valence-electron chi connectivity index (χ4n) is 12.1. The number of nitrogens with zero attached hydrogens (tertiary/aromatic N) is 4. The lowest BCUT2D eigenvalue weighted by Gasteiger charge is -2.34. The maximum Gasteiger partial charge on any atom is 0.0783 e. The van der Waals surface area contributed by atoms with Crippen LogP contribution in [0.1, 0.15) is 25.0 Å². The van der Waals surface area contributed by atoms with Gasteiger partial charge in [0, 0.05) is 38.3 Å². The summed E-state index contributed by atoms with van der Waals surface area (Å²) in [6.07, 6.45) is 0. The second kappa shape index (κ2) is 13.2. The van der Waals surface area contributed by atoms with E-state index in [9.17, 15) is 0 Å². The zero-order valence-corrected chi connectivity index (χ0v) is 37.1. The molecule has 2 aliphatic heterocycles. The normalized spacial score (nSPS) is 13.9. The van der Waals surface area contributed by atoms with E-state index < -0.39 is 0 Å². The summed E-state index contributed by atoms with van der Waals surface area (Å²) in [5, 5.41) is 5.06. The standard InChI is InChI=1S/C63H42N4/c1-63(2)51-37-43(64-55-21-9-11-23-57(55)66-53-33-27-41(39-15-5-3-6-16-39)35-49(53)47-19-13-25-59(64)61(47)66)29-31-45(51)46-32-30-44(38-52(46)63)65-56-22-10-12-24-58(56)67-54-34-28-42(40-17-7-4-8-18-40)36-50(54)48-20-14-26-60(65)62(48)67/h3-38H,1-2H3. The van der Waals surface area contributed by atoms with Crippen molar-refractivity contribution in [1.29, 1.82) is 0 Å². The molecule has 0 bridgehead atoms. The van der Waals surface area contributed by atoms with Crippen LogP contribution < -0.4 is 9.80 Å². The number of aromatic nitrogens is 2. The highest BCUT2D eigenvalue weighted by Crippen LogP contribution is 2.56. The van der Waals surface area contributed by atoms with Gasteiger partial charge in [0.15, 0.2) is 0 Å². The van der Waals surface area contributed by atoms with Gasteiger partial charge in [-0.25, -0.2) is 0 Å². The Morgan fingerprint density at radius 2 is 0.701 bits per heavy atom. The van der Waals surface area contributed by atoms with Gasteiger partial charge in [-0.15, -0.1) is 0 Å². The first-order valence-corrected chi connectivity index (χ1v) is 23.3. The van der Waals surface area contributed by atoms with Gasteiger partial charge in [-0.1, -0.05) is 147 Å².